The predicted octanol–water partition coefficient (Wildman–Crippen LogP) is 3.00. The first kappa shape index (κ1) is 15.0. The van der Waals surface area contributed by atoms with Crippen LogP contribution in [0.2, 0.25) is 0 Å². The molecule has 19 heavy (non-hydrogen) atoms. The van der Waals surface area contributed by atoms with E-state index in [1.165, 1.54) is 0 Å². The molecule has 0 aliphatic carbocycles. The van der Waals surface area contributed by atoms with E-state index in [0.29, 0.717) is 11.3 Å². The third-order valence-corrected chi connectivity index (χ3v) is 3.07. The van der Waals surface area contributed by atoms with Gasteiger partial charge in [0.1, 0.15) is 0 Å². The van der Waals surface area contributed by atoms with Gasteiger partial charge in [-0.25, -0.2) is 9.59 Å². The molecule has 0 bridgehead atoms. The van der Waals surface area contributed by atoms with E-state index in [4.69, 9.17) is 5.11 Å². The monoisotopic (exact) mass is 264 g/mol. The summed E-state index contributed by atoms with van der Waals surface area (Å²) in [5, 5.41) is 14.6. The molecule has 3 N–H and O–H groups in total. The maximum absolute atomic E-state index is 11.9. The molecule has 2 amide bonds. The number of carbonyl (C=O) groups excluding carboxylic acids is 1. The summed E-state index contributed by atoms with van der Waals surface area (Å²) in [6.45, 7) is 7.47. The van der Waals surface area contributed by atoms with Crippen molar-refractivity contribution in [3.8, 4) is 0 Å². The van der Waals surface area contributed by atoms with Crippen molar-refractivity contribution < 1.29 is 14.7 Å². The van der Waals surface area contributed by atoms with Gasteiger partial charge >= 0.3 is 12.0 Å². The number of hydrogen-bond donors (Lipinski definition) is 3. The molecular weight excluding hydrogens is 244 g/mol. The Morgan fingerprint density at radius 3 is 2.47 bits per heavy atom. The minimum absolute atomic E-state index is 0.118. The number of hydrogen-bond acceptors (Lipinski definition) is 2. The van der Waals surface area contributed by atoms with Gasteiger partial charge in [-0.3, -0.25) is 0 Å². The zero-order valence-corrected chi connectivity index (χ0v) is 11.7. The fourth-order valence-electron chi connectivity index (χ4n) is 1.61. The number of carbonyl (C=O) groups is 2. The van der Waals surface area contributed by atoms with Crippen LogP contribution in [0.5, 0.6) is 0 Å². The quantitative estimate of drug-likeness (QED) is 0.782. The topological polar surface area (TPSA) is 78.4 Å². The second-order valence-electron chi connectivity index (χ2n) is 5.12. The normalized spacial score (nSPS) is 10.9. The van der Waals surface area contributed by atoms with Crippen LogP contribution in [-0.4, -0.2) is 22.6 Å². The highest BCUT2D eigenvalue weighted by Crippen LogP contribution is 2.19. The number of aryl methyl sites for hydroxylation is 1. The first-order chi connectivity index (χ1) is 8.76. The molecule has 1 aromatic rings. The van der Waals surface area contributed by atoms with Crippen molar-refractivity contribution in [3.05, 3.63) is 29.3 Å². The second kappa shape index (κ2) is 5.73. The van der Waals surface area contributed by atoms with Crippen LogP contribution in [0.1, 0.15) is 43.1 Å². The first-order valence-corrected chi connectivity index (χ1v) is 6.19. The largest absolute Gasteiger partial charge is 0.478 e. The Hall–Kier alpha value is -2.04. The number of amides is 2. The van der Waals surface area contributed by atoms with Crippen LogP contribution in [0, 0.1) is 6.92 Å². The Bertz CT molecular complexity index is 495. The smallest absolute Gasteiger partial charge is 0.338 e. The molecule has 0 aromatic heterocycles. The third-order valence-electron chi connectivity index (χ3n) is 3.07. The number of carboxylic acids is 1. The minimum Gasteiger partial charge on any atom is -0.478 e. The molecule has 0 radical (unpaired) electrons. The zero-order chi connectivity index (χ0) is 14.6. The van der Waals surface area contributed by atoms with E-state index in [9.17, 15) is 9.59 Å². The van der Waals surface area contributed by atoms with Crippen molar-refractivity contribution in [1.82, 2.24) is 5.32 Å². The summed E-state index contributed by atoms with van der Waals surface area (Å²) in [5.74, 6) is -1.05. The molecule has 0 aliphatic rings. The summed E-state index contributed by atoms with van der Waals surface area (Å²) in [4.78, 5) is 23.1. The van der Waals surface area contributed by atoms with Gasteiger partial charge in [0.25, 0.3) is 0 Å². The third kappa shape index (κ3) is 3.98. The van der Waals surface area contributed by atoms with Crippen molar-refractivity contribution in [1.29, 1.82) is 0 Å². The van der Waals surface area contributed by atoms with E-state index in [0.717, 1.165) is 6.42 Å². The molecule has 1 aromatic carbocycles. The lowest BCUT2D eigenvalue weighted by Gasteiger charge is -2.24. The predicted molar refractivity (Wildman–Crippen MR) is 74.7 cm³/mol. The SMILES string of the molecule is CCC(C)(C)NC(=O)Nc1cccc(C)c1C(=O)O. The Morgan fingerprint density at radius 1 is 1.32 bits per heavy atom. The number of urea groups is 1. The number of nitrogens with one attached hydrogen (secondary N) is 2. The average Bonchev–Trinajstić information content (AvgIpc) is 2.27. The fourth-order valence-corrected chi connectivity index (χ4v) is 1.61. The van der Waals surface area contributed by atoms with E-state index in [1.54, 1.807) is 25.1 Å². The maximum Gasteiger partial charge on any atom is 0.338 e. The van der Waals surface area contributed by atoms with Gasteiger partial charge in [-0.1, -0.05) is 19.1 Å². The lowest BCUT2D eigenvalue weighted by molar-refractivity contribution is 0.0697. The Kier molecular flexibility index (Phi) is 4.53. The van der Waals surface area contributed by atoms with Crippen molar-refractivity contribution in [2.24, 2.45) is 0 Å². The summed E-state index contributed by atoms with van der Waals surface area (Å²) < 4.78 is 0. The molecule has 104 valence electrons. The average molecular weight is 264 g/mol. The molecule has 1 rings (SSSR count). The van der Waals surface area contributed by atoms with Gasteiger partial charge in [0.05, 0.1) is 11.3 Å². The van der Waals surface area contributed by atoms with Gasteiger partial charge in [-0.2, -0.15) is 0 Å². The molecule has 0 unspecified atom stereocenters. The molecule has 0 fully saturated rings. The molecule has 0 heterocycles. The van der Waals surface area contributed by atoms with Crippen molar-refractivity contribution in [2.75, 3.05) is 5.32 Å². The second-order valence-corrected chi connectivity index (χ2v) is 5.12. The van der Waals surface area contributed by atoms with Crippen molar-refractivity contribution >= 4 is 17.7 Å². The summed E-state index contributed by atoms with van der Waals surface area (Å²) in [6, 6.07) is 4.58. The molecule has 5 nitrogen and oxygen atoms in total. The maximum atomic E-state index is 11.9. The summed E-state index contributed by atoms with van der Waals surface area (Å²) in [7, 11) is 0. The summed E-state index contributed by atoms with van der Waals surface area (Å²) in [5.41, 5.74) is 0.695. The Morgan fingerprint density at radius 2 is 1.95 bits per heavy atom. The van der Waals surface area contributed by atoms with E-state index in [-0.39, 0.29) is 11.1 Å². The van der Waals surface area contributed by atoms with Gasteiger partial charge in [-0.05, 0) is 38.8 Å². The summed E-state index contributed by atoms with van der Waals surface area (Å²) >= 11 is 0. The number of rotatable bonds is 4. The van der Waals surface area contributed by atoms with E-state index >= 15 is 0 Å². The van der Waals surface area contributed by atoms with Crippen LogP contribution in [0.25, 0.3) is 0 Å². The summed E-state index contributed by atoms with van der Waals surface area (Å²) in [6.07, 6.45) is 0.778. The minimum atomic E-state index is -1.05. The fraction of sp³-hybridized carbons (Fsp3) is 0.429. The highest BCUT2D eigenvalue weighted by atomic mass is 16.4. The molecule has 5 heteroatoms. The van der Waals surface area contributed by atoms with Crippen molar-refractivity contribution in [3.63, 3.8) is 0 Å². The molecule has 0 spiro atoms. The zero-order valence-electron chi connectivity index (χ0n) is 11.7. The van der Waals surface area contributed by atoms with Crippen LogP contribution in [0.3, 0.4) is 0 Å². The van der Waals surface area contributed by atoms with E-state index in [2.05, 4.69) is 10.6 Å². The van der Waals surface area contributed by atoms with Crippen LogP contribution < -0.4 is 10.6 Å². The van der Waals surface area contributed by atoms with Gasteiger partial charge in [-0.15, -0.1) is 0 Å². The first-order valence-electron chi connectivity index (χ1n) is 6.19. The highest BCUT2D eigenvalue weighted by molar-refractivity contribution is 6.01. The van der Waals surface area contributed by atoms with Gasteiger partial charge < -0.3 is 15.7 Å². The highest BCUT2D eigenvalue weighted by Gasteiger charge is 2.20. The lowest BCUT2D eigenvalue weighted by atomic mass is 10.0. The van der Waals surface area contributed by atoms with Gasteiger partial charge in [0, 0.05) is 5.54 Å². The Balaban J connectivity index is 2.92. The number of carboxylic acid groups (broad SMARTS) is 1. The standard InChI is InChI=1S/C14H20N2O3/c1-5-14(3,4)16-13(19)15-10-8-6-7-9(2)11(10)12(17)18/h6-8H,5H2,1-4H3,(H,17,18)(H2,15,16,19). The van der Waals surface area contributed by atoms with Crippen molar-refractivity contribution in [2.45, 2.75) is 39.7 Å². The van der Waals surface area contributed by atoms with E-state index in [1.807, 2.05) is 20.8 Å². The molecule has 0 aliphatic heterocycles. The van der Waals surface area contributed by atoms with Gasteiger partial charge in [0.15, 0.2) is 0 Å². The number of benzene rings is 1. The Labute approximate surface area is 113 Å². The van der Waals surface area contributed by atoms with Gasteiger partial charge in [0.2, 0.25) is 0 Å². The number of aromatic carboxylic acids is 1. The van der Waals surface area contributed by atoms with E-state index < -0.39 is 12.0 Å². The van der Waals surface area contributed by atoms with Crippen LogP contribution in [0.4, 0.5) is 10.5 Å². The van der Waals surface area contributed by atoms with Crippen LogP contribution in [-0.2, 0) is 0 Å². The molecule has 0 saturated carbocycles. The molecule has 0 saturated heterocycles. The van der Waals surface area contributed by atoms with Crippen LogP contribution in [0.15, 0.2) is 18.2 Å². The number of anilines is 1. The molecular formula is C14H20N2O3. The van der Waals surface area contributed by atoms with Crippen LogP contribution >= 0.6 is 0 Å². The molecule has 0 atom stereocenters. The lowest BCUT2D eigenvalue weighted by Crippen LogP contribution is -2.45.